The van der Waals surface area contributed by atoms with E-state index in [1.807, 2.05) is 18.2 Å². The number of benzene rings is 1. The summed E-state index contributed by atoms with van der Waals surface area (Å²) in [5.74, 6) is 0.847. The molecule has 2 heteroatoms. The summed E-state index contributed by atoms with van der Waals surface area (Å²) < 4.78 is 0. The quantitative estimate of drug-likeness (QED) is 0.847. The first-order chi connectivity index (χ1) is 8.29. The number of nitrogens with zero attached hydrogens (tertiary/aromatic N) is 1. The lowest BCUT2D eigenvalue weighted by molar-refractivity contribution is 0.385. The predicted molar refractivity (Wildman–Crippen MR) is 69.4 cm³/mol. The zero-order chi connectivity index (χ0) is 11.8. The van der Waals surface area contributed by atoms with Gasteiger partial charge < -0.3 is 5.11 Å². The average molecular weight is 227 g/mol. The second kappa shape index (κ2) is 4.02. The van der Waals surface area contributed by atoms with Crippen LogP contribution in [0, 0.1) is 0 Å². The lowest BCUT2D eigenvalue weighted by Gasteiger charge is -2.25. The van der Waals surface area contributed by atoms with E-state index in [2.05, 4.69) is 13.0 Å². The Balaban J connectivity index is 2.20. The first-order valence-electron chi connectivity index (χ1n) is 6.41. The SMILES string of the molecule is CCc1cccc2cc(O)c(C3CCC3)nc12. The first-order valence-corrected chi connectivity index (χ1v) is 6.41. The van der Waals surface area contributed by atoms with Crippen LogP contribution in [-0.4, -0.2) is 10.1 Å². The fourth-order valence-corrected chi connectivity index (χ4v) is 2.53. The Morgan fingerprint density at radius 2 is 2.18 bits per heavy atom. The third-order valence-electron chi connectivity index (χ3n) is 3.81. The highest BCUT2D eigenvalue weighted by molar-refractivity contribution is 5.83. The molecule has 0 atom stereocenters. The van der Waals surface area contributed by atoms with E-state index in [-0.39, 0.29) is 0 Å². The summed E-state index contributed by atoms with van der Waals surface area (Å²) in [7, 11) is 0. The van der Waals surface area contributed by atoms with Crippen molar-refractivity contribution in [2.45, 2.75) is 38.5 Å². The molecule has 88 valence electrons. The van der Waals surface area contributed by atoms with E-state index in [4.69, 9.17) is 4.98 Å². The monoisotopic (exact) mass is 227 g/mol. The molecule has 0 spiro atoms. The molecule has 2 nitrogen and oxygen atoms in total. The fraction of sp³-hybridized carbons (Fsp3) is 0.400. The van der Waals surface area contributed by atoms with Gasteiger partial charge >= 0.3 is 0 Å². The number of rotatable bonds is 2. The van der Waals surface area contributed by atoms with Crippen LogP contribution < -0.4 is 0 Å². The highest BCUT2D eigenvalue weighted by Crippen LogP contribution is 2.40. The van der Waals surface area contributed by atoms with Crippen LogP contribution in [0.2, 0.25) is 0 Å². The Morgan fingerprint density at radius 3 is 2.82 bits per heavy atom. The van der Waals surface area contributed by atoms with E-state index in [9.17, 15) is 5.11 Å². The lowest BCUT2D eigenvalue weighted by Crippen LogP contribution is -2.11. The van der Waals surface area contributed by atoms with Crippen LogP contribution >= 0.6 is 0 Å². The molecular formula is C15H17NO. The fourth-order valence-electron chi connectivity index (χ4n) is 2.53. The molecule has 1 fully saturated rings. The van der Waals surface area contributed by atoms with Crippen molar-refractivity contribution in [3.63, 3.8) is 0 Å². The van der Waals surface area contributed by atoms with Crippen LogP contribution in [0.15, 0.2) is 24.3 Å². The van der Waals surface area contributed by atoms with Gasteiger partial charge in [0.15, 0.2) is 0 Å². The molecule has 1 N–H and O–H groups in total. The summed E-state index contributed by atoms with van der Waals surface area (Å²) in [5, 5.41) is 11.1. The molecule has 1 heterocycles. The van der Waals surface area contributed by atoms with E-state index < -0.39 is 0 Å². The van der Waals surface area contributed by atoms with Crippen molar-refractivity contribution in [1.82, 2.24) is 4.98 Å². The molecule has 2 aromatic rings. The van der Waals surface area contributed by atoms with Crippen molar-refractivity contribution in [2.75, 3.05) is 0 Å². The molecular weight excluding hydrogens is 210 g/mol. The van der Waals surface area contributed by atoms with Crippen LogP contribution in [0.3, 0.4) is 0 Å². The molecule has 1 aliphatic carbocycles. The smallest absolute Gasteiger partial charge is 0.138 e. The van der Waals surface area contributed by atoms with Gasteiger partial charge in [-0.25, -0.2) is 4.98 Å². The minimum atomic E-state index is 0.371. The Bertz CT molecular complexity index is 558. The summed E-state index contributed by atoms with van der Waals surface area (Å²) in [6.07, 6.45) is 4.58. The Hall–Kier alpha value is -1.57. The van der Waals surface area contributed by atoms with Crippen LogP contribution in [0.1, 0.15) is 43.4 Å². The zero-order valence-corrected chi connectivity index (χ0v) is 10.1. The van der Waals surface area contributed by atoms with Crippen molar-refractivity contribution < 1.29 is 5.11 Å². The van der Waals surface area contributed by atoms with E-state index in [0.29, 0.717) is 11.7 Å². The standard InChI is InChI=1S/C15H17NO/c1-2-10-5-3-8-12-9-13(17)15(16-14(10)12)11-6-4-7-11/h3,5,8-9,11,17H,2,4,6-7H2,1H3. The van der Waals surface area contributed by atoms with Crippen molar-refractivity contribution in [2.24, 2.45) is 0 Å². The summed E-state index contributed by atoms with van der Waals surface area (Å²) in [5.41, 5.74) is 3.24. The second-order valence-electron chi connectivity index (χ2n) is 4.86. The topological polar surface area (TPSA) is 33.1 Å². The van der Waals surface area contributed by atoms with Gasteiger partial charge in [-0.15, -0.1) is 0 Å². The maximum absolute atomic E-state index is 10.0. The van der Waals surface area contributed by atoms with Gasteiger partial charge in [-0.1, -0.05) is 31.5 Å². The highest BCUT2D eigenvalue weighted by atomic mass is 16.3. The minimum Gasteiger partial charge on any atom is -0.506 e. The zero-order valence-electron chi connectivity index (χ0n) is 10.1. The lowest BCUT2D eigenvalue weighted by atomic mass is 9.82. The summed E-state index contributed by atoms with van der Waals surface area (Å²) >= 11 is 0. The van der Waals surface area contributed by atoms with Crippen LogP contribution in [0.4, 0.5) is 0 Å². The molecule has 3 rings (SSSR count). The van der Waals surface area contributed by atoms with Gasteiger partial charge in [-0.05, 0) is 30.9 Å². The third-order valence-corrected chi connectivity index (χ3v) is 3.81. The van der Waals surface area contributed by atoms with Crippen molar-refractivity contribution in [3.8, 4) is 5.75 Å². The van der Waals surface area contributed by atoms with E-state index in [0.717, 1.165) is 23.0 Å². The Kier molecular flexibility index (Phi) is 2.50. The van der Waals surface area contributed by atoms with Gasteiger partial charge in [-0.3, -0.25) is 0 Å². The molecule has 1 aromatic carbocycles. The largest absolute Gasteiger partial charge is 0.506 e. The molecule has 0 bridgehead atoms. The number of para-hydroxylation sites is 1. The average Bonchev–Trinajstić information content (AvgIpc) is 2.27. The summed E-state index contributed by atoms with van der Waals surface area (Å²) in [6, 6.07) is 8.04. The van der Waals surface area contributed by atoms with Gasteiger partial charge in [0.2, 0.25) is 0 Å². The van der Waals surface area contributed by atoms with Crippen LogP contribution in [0.5, 0.6) is 5.75 Å². The Morgan fingerprint density at radius 1 is 1.35 bits per heavy atom. The van der Waals surface area contributed by atoms with Gasteiger partial charge in [0.05, 0.1) is 11.2 Å². The number of fused-ring (bicyclic) bond motifs is 1. The van der Waals surface area contributed by atoms with Crippen molar-refractivity contribution >= 4 is 10.9 Å². The number of aromatic nitrogens is 1. The van der Waals surface area contributed by atoms with Gasteiger partial charge in [0, 0.05) is 11.3 Å². The highest BCUT2D eigenvalue weighted by Gasteiger charge is 2.24. The first kappa shape index (κ1) is 10.6. The van der Waals surface area contributed by atoms with Crippen LogP contribution in [-0.2, 0) is 6.42 Å². The molecule has 0 radical (unpaired) electrons. The number of aromatic hydroxyl groups is 1. The molecule has 1 saturated carbocycles. The number of pyridine rings is 1. The van der Waals surface area contributed by atoms with Gasteiger partial charge in [-0.2, -0.15) is 0 Å². The van der Waals surface area contributed by atoms with Crippen molar-refractivity contribution in [1.29, 1.82) is 0 Å². The summed E-state index contributed by atoms with van der Waals surface area (Å²) in [4.78, 5) is 4.72. The molecule has 1 aromatic heterocycles. The normalized spacial score (nSPS) is 16.1. The van der Waals surface area contributed by atoms with Gasteiger partial charge in [0.25, 0.3) is 0 Å². The predicted octanol–water partition coefficient (Wildman–Crippen LogP) is 3.77. The van der Waals surface area contributed by atoms with E-state index in [1.54, 1.807) is 0 Å². The van der Waals surface area contributed by atoms with E-state index >= 15 is 0 Å². The van der Waals surface area contributed by atoms with Gasteiger partial charge in [0.1, 0.15) is 5.75 Å². The third kappa shape index (κ3) is 1.68. The number of aryl methyl sites for hydroxylation is 1. The maximum atomic E-state index is 10.0. The van der Waals surface area contributed by atoms with Crippen molar-refractivity contribution in [3.05, 3.63) is 35.5 Å². The van der Waals surface area contributed by atoms with Crippen LogP contribution in [0.25, 0.3) is 10.9 Å². The molecule has 0 amide bonds. The molecule has 0 unspecified atom stereocenters. The summed E-state index contributed by atoms with van der Waals surface area (Å²) in [6.45, 7) is 2.15. The number of hydrogen-bond donors (Lipinski definition) is 1. The minimum absolute atomic E-state index is 0.371. The second-order valence-corrected chi connectivity index (χ2v) is 4.86. The van der Waals surface area contributed by atoms with E-state index in [1.165, 1.54) is 24.8 Å². The molecule has 0 aliphatic heterocycles. The maximum Gasteiger partial charge on any atom is 0.138 e. The molecule has 17 heavy (non-hydrogen) atoms. The number of hydrogen-bond acceptors (Lipinski definition) is 2. The molecule has 0 saturated heterocycles. The Labute approximate surface area is 101 Å². The molecule has 1 aliphatic rings.